The molecule has 0 saturated heterocycles. The smallest absolute Gasteiger partial charge is 0.339 e. The predicted octanol–water partition coefficient (Wildman–Crippen LogP) is 1.33. The summed E-state index contributed by atoms with van der Waals surface area (Å²) in [5, 5.41) is 4.11. The fourth-order valence-electron chi connectivity index (χ4n) is 1.58. The highest BCUT2D eigenvalue weighted by Gasteiger charge is 2.09. The van der Waals surface area contributed by atoms with Crippen molar-refractivity contribution in [3.8, 4) is 5.82 Å². The lowest BCUT2D eigenvalue weighted by Gasteiger charge is -2.04. The maximum Gasteiger partial charge on any atom is 0.339 e. The molecule has 0 saturated carbocycles. The van der Waals surface area contributed by atoms with Crippen molar-refractivity contribution >= 4 is 11.8 Å². The van der Waals surface area contributed by atoms with Crippen molar-refractivity contribution in [1.82, 2.24) is 14.8 Å². The highest BCUT2D eigenvalue weighted by Crippen LogP contribution is 2.11. The molecule has 2 N–H and O–H groups in total. The third kappa shape index (κ3) is 2.32. The molecule has 0 radical (unpaired) electrons. The molecule has 6 nitrogen and oxygen atoms in total. The van der Waals surface area contributed by atoms with Gasteiger partial charge in [-0.3, -0.25) is 0 Å². The Hall–Kier alpha value is -2.37. The molecule has 0 atom stereocenters. The van der Waals surface area contributed by atoms with E-state index < -0.39 is 0 Å². The van der Waals surface area contributed by atoms with Gasteiger partial charge in [-0.05, 0) is 26.0 Å². The van der Waals surface area contributed by atoms with Gasteiger partial charge in [-0.2, -0.15) is 0 Å². The van der Waals surface area contributed by atoms with Crippen LogP contribution in [0.25, 0.3) is 5.82 Å². The van der Waals surface area contributed by atoms with Crippen molar-refractivity contribution in [3.63, 3.8) is 0 Å². The third-order valence-electron chi connectivity index (χ3n) is 2.38. The molecule has 0 unspecified atom stereocenters. The first-order valence-electron chi connectivity index (χ1n) is 5.57. The number of pyridine rings is 1. The minimum Gasteiger partial charge on any atom is -0.462 e. The number of hydrogen-bond acceptors (Lipinski definition) is 5. The van der Waals surface area contributed by atoms with Crippen molar-refractivity contribution < 1.29 is 9.53 Å². The molecule has 18 heavy (non-hydrogen) atoms. The molecule has 0 amide bonds. The zero-order chi connectivity index (χ0) is 13.1. The van der Waals surface area contributed by atoms with Crippen LogP contribution in [0.15, 0.2) is 24.4 Å². The highest BCUT2D eigenvalue weighted by molar-refractivity contribution is 5.89. The molecule has 2 rings (SSSR count). The Labute approximate surface area is 104 Å². The van der Waals surface area contributed by atoms with Crippen LogP contribution in [-0.2, 0) is 4.74 Å². The summed E-state index contributed by atoms with van der Waals surface area (Å²) in [5.41, 5.74) is 6.89. The van der Waals surface area contributed by atoms with Crippen molar-refractivity contribution in [3.05, 3.63) is 35.7 Å². The normalized spacial score (nSPS) is 10.3. The number of esters is 1. The molecule has 2 aromatic rings. The Morgan fingerprint density at radius 1 is 1.50 bits per heavy atom. The zero-order valence-corrected chi connectivity index (χ0v) is 10.3. The van der Waals surface area contributed by atoms with Crippen LogP contribution in [-0.4, -0.2) is 27.3 Å². The van der Waals surface area contributed by atoms with Gasteiger partial charge in [0.1, 0.15) is 5.82 Å². The van der Waals surface area contributed by atoms with E-state index in [1.807, 2.05) is 6.92 Å². The minimum atomic E-state index is -0.381. The molecule has 0 aliphatic carbocycles. The van der Waals surface area contributed by atoms with E-state index >= 15 is 0 Å². The minimum absolute atomic E-state index is 0.343. The Kier molecular flexibility index (Phi) is 3.27. The van der Waals surface area contributed by atoms with Gasteiger partial charge in [0.25, 0.3) is 0 Å². The van der Waals surface area contributed by atoms with Crippen LogP contribution < -0.4 is 5.73 Å². The predicted molar refractivity (Wildman–Crippen MR) is 66.5 cm³/mol. The van der Waals surface area contributed by atoms with Crippen LogP contribution in [0.5, 0.6) is 0 Å². The lowest BCUT2D eigenvalue weighted by molar-refractivity contribution is 0.0526. The summed E-state index contributed by atoms with van der Waals surface area (Å²) in [6.45, 7) is 3.98. The summed E-state index contributed by atoms with van der Waals surface area (Å²) in [7, 11) is 0. The van der Waals surface area contributed by atoms with Crippen LogP contribution >= 0.6 is 0 Å². The maximum absolute atomic E-state index is 11.5. The fourth-order valence-corrected chi connectivity index (χ4v) is 1.58. The first-order valence-corrected chi connectivity index (χ1v) is 5.57. The number of nitrogens with zero attached hydrogens (tertiary/aromatic N) is 3. The van der Waals surface area contributed by atoms with Gasteiger partial charge in [-0.1, -0.05) is 0 Å². The average molecular weight is 246 g/mol. The summed E-state index contributed by atoms with van der Waals surface area (Å²) in [4.78, 5) is 15.6. The van der Waals surface area contributed by atoms with E-state index in [2.05, 4.69) is 10.1 Å². The molecule has 2 aromatic heterocycles. The quantitative estimate of drug-likeness (QED) is 0.826. The summed E-state index contributed by atoms with van der Waals surface area (Å²) < 4.78 is 6.50. The lowest BCUT2D eigenvalue weighted by atomic mass is 10.3. The van der Waals surface area contributed by atoms with Gasteiger partial charge in [-0.25, -0.2) is 14.5 Å². The number of hydrogen-bond donors (Lipinski definition) is 1. The Morgan fingerprint density at radius 3 is 2.78 bits per heavy atom. The van der Waals surface area contributed by atoms with Gasteiger partial charge in [0.2, 0.25) is 0 Å². The molecule has 2 heterocycles. The fraction of sp³-hybridized carbons (Fsp3) is 0.250. The zero-order valence-electron chi connectivity index (χ0n) is 10.3. The lowest BCUT2D eigenvalue weighted by Crippen LogP contribution is -2.07. The monoisotopic (exact) mass is 246 g/mol. The van der Waals surface area contributed by atoms with Crippen LogP contribution in [0.1, 0.15) is 23.0 Å². The summed E-state index contributed by atoms with van der Waals surface area (Å²) >= 11 is 0. The molecule has 0 aromatic carbocycles. The van der Waals surface area contributed by atoms with Crippen molar-refractivity contribution in [2.75, 3.05) is 12.3 Å². The van der Waals surface area contributed by atoms with Crippen LogP contribution in [0.2, 0.25) is 0 Å². The highest BCUT2D eigenvalue weighted by atomic mass is 16.5. The first-order chi connectivity index (χ1) is 8.61. The number of ether oxygens (including phenoxy) is 1. The van der Waals surface area contributed by atoms with E-state index in [0.717, 1.165) is 5.69 Å². The second-order valence-corrected chi connectivity index (χ2v) is 3.75. The molecule has 94 valence electrons. The number of carbonyl (C=O) groups is 1. The van der Waals surface area contributed by atoms with E-state index in [1.54, 1.807) is 29.8 Å². The van der Waals surface area contributed by atoms with E-state index in [4.69, 9.17) is 10.5 Å². The van der Waals surface area contributed by atoms with Gasteiger partial charge in [0.05, 0.1) is 12.2 Å². The van der Waals surface area contributed by atoms with Gasteiger partial charge < -0.3 is 10.5 Å². The van der Waals surface area contributed by atoms with Gasteiger partial charge >= 0.3 is 5.97 Å². The largest absolute Gasteiger partial charge is 0.462 e. The Morgan fingerprint density at radius 2 is 2.28 bits per heavy atom. The van der Waals surface area contributed by atoms with Gasteiger partial charge in [0.15, 0.2) is 5.82 Å². The molecule has 6 heteroatoms. The summed E-state index contributed by atoms with van der Waals surface area (Å²) in [6.07, 6.45) is 1.46. The average Bonchev–Trinajstić information content (AvgIpc) is 2.69. The molecule has 0 fully saturated rings. The van der Waals surface area contributed by atoms with Crippen molar-refractivity contribution in [2.45, 2.75) is 13.8 Å². The number of anilines is 1. The van der Waals surface area contributed by atoms with Crippen molar-refractivity contribution in [2.24, 2.45) is 0 Å². The molecule has 0 bridgehead atoms. The summed E-state index contributed by atoms with van der Waals surface area (Å²) in [6, 6.07) is 5.10. The van der Waals surface area contributed by atoms with E-state index in [9.17, 15) is 4.79 Å². The standard InChI is InChI=1S/C12H14N4O2/c1-3-18-12(17)9-4-5-11(14-7-9)16-8(2)6-10(13)15-16/h4-7H,3H2,1-2H3,(H2,13,15). The second-order valence-electron chi connectivity index (χ2n) is 3.75. The van der Waals surface area contributed by atoms with E-state index in [-0.39, 0.29) is 5.97 Å². The summed E-state index contributed by atoms with van der Waals surface area (Å²) in [5.74, 6) is 0.661. The maximum atomic E-state index is 11.5. The number of aromatic nitrogens is 3. The Balaban J connectivity index is 2.27. The SMILES string of the molecule is CCOC(=O)c1ccc(-n2nc(N)cc2C)nc1. The first kappa shape index (κ1) is 12.1. The topological polar surface area (TPSA) is 83.0 Å². The Bertz CT molecular complexity index is 560. The molecule has 0 aliphatic rings. The molecule has 0 spiro atoms. The number of aryl methyl sites for hydroxylation is 1. The van der Waals surface area contributed by atoms with Gasteiger partial charge in [0, 0.05) is 18.0 Å². The van der Waals surface area contributed by atoms with E-state index in [0.29, 0.717) is 23.8 Å². The van der Waals surface area contributed by atoms with Gasteiger partial charge in [-0.15, -0.1) is 5.10 Å². The molecular formula is C12H14N4O2. The molecular weight excluding hydrogens is 232 g/mol. The van der Waals surface area contributed by atoms with Crippen LogP contribution in [0.4, 0.5) is 5.82 Å². The molecule has 0 aliphatic heterocycles. The number of nitrogens with two attached hydrogens (primary N) is 1. The number of rotatable bonds is 3. The number of nitrogen functional groups attached to an aromatic ring is 1. The van der Waals surface area contributed by atoms with Crippen LogP contribution in [0.3, 0.4) is 0 Å². The van der Waals surface area contributed by atoms with E-state index in [1.165, 1.54) is 6.20 Å². The van der Waals surface area contributed by atoms with Crippen LogP contribution in [0, 0.1) is 6.92 Å². The second kappa shape index (κ2) is 4.87. The van der Waals surface area contributed by atoms with Crippen molar-refractivity contribution in [1.29, 1.82) is 0 Å². The number of carbonyl (C=O) groups excluding carboxylic acids is 1. The third-order valence-corrected chi connectivity index (χ3v) is 2.38.